The van der Waals surface area contributed by atoms with Gasteiger partial charge >= 0.3 is 28.2 Å². The van der Waals surface area contributed by atoms with Crippen LogP contribution in [0.2, 0.25) is 0 Å². The van der Waals surface area contributed by atoms with E-state index in [1.807, 2.05) is 48.5 Å². The van der Waals surface area contributed by atoms with Crippen LogP contribution in [0.1, 0.15) is 0 Å². The normalized spacial score (nSPS) is 10.2. The third-order valence-corrected chi connectivity index (χ3v) is 3.82. The van der Waals surface area contributed by atoms with Gasteiger partial charge in [-0.3, -0.25) is 15.0 Å². The van der Waals surface area contributed by atoms with Gasteiger partial charge < -0.3 is 4.74 Å². The monoisotopic (exact) mass is 542 g/mol. The summed E-state index contributed by atoms with van der Waals surface area (Å²) in [5.41, 5.74) is 4.08. The average Bonchev–Trinajstić information content (AvgIpc) is 2.75. The van der Waals surface area contributed by atoms with Crippen LogP contribution in [0.4, 0.5) is 0 Å². The van der Waals surface area contributed by atoms with Gasteiger partial charge in [-0.25, -0.2) is 0 Å². The molecule has 0 unspecified atom stereocenters. The quantitative estimate of drug-likeness (QED) is 0.347. The Hall–Kier alpha value is -2.29. The van der Waals surface area contributed by atoms with Crippen LogP contribution in [0.3, 0.4) is 0 Å². The molecule has 4 rings (SSSR count). The Labute approximate surface area is 167 Å². The van der Waals surface area contributed by atoms with Crippen molar-refractivity contribution in [2.75, 3.05) is 7.11 Å². The molecule has 0 aliphatic heterocycles. The van der Waals surface area contributed by atoms with Crippen LogP contribution in [0.15, 0.2) is 67.1 Å². The molecule has 0 bridgehead atoms. The SMILES string of the molecule is COc1c(-c2ccccn2)[c-]c(-c2ccccn2)c2cccnc12.[Cl][Pt+]. The van der Waals surface area contributed by atoms with E-state index in [1.54, 1.807) is 44.5 Å². The molecule has 1 aromatic carbocycles. The Morgan fingerprint density at radius 2 is 1.42 bits per heavy atom. The zero-order valence-electron chi connectivity index (χ0n) is 13.8. The van der Waals surface area contributed by atoms with E-state index < -0.39 is 0 Å². The summed E-state index contributed by atoms with van der Waals surface area (Å²) in [5.74, 6) is 0.670. The molecule has 0 amide bonds. The zero-order valence-corrected chi connectivity index (χ0v) is 16.8. The number of rotatable bonds is 3. The van der Waals surface area contributed by atoms with Crippen molar-refractivity contribution < 1.29 is 23.5 Å². The molecule has 0 aliphatic carbocycles. The molecule has 26 heavy (non-hydrogen) atoms. The van der Waals surface area contributed by atoms with Crippen molar-refractivity contribution >= 4 is 20.3 Å². The molecule has 6 heteroatoms. The summed E-state index contributed by atoms with van der Waals surface area (Å²) < 4.78 is 5.65. The summed E-state index contributed by atoms with van der Waals surface area (Å²) in [5, 5.41) is 0.952. The van der Waals surface area contributed by atoms with Crippen LogP contribution in [0.5, 0.6) is 5.75 Å². The van der Waals surface area contributed by atoms with E-state index in [0.29, 0.717) is 5.75 Å². The molecule has 0 spiro atoms. The van der Waals surface area contributed by atoms with Crippen molar-refractivity contribution in [1.29, 1.82) is 0 Å². The average molecular weight is 543 g/mol. The Kier molecular flexibility index (Phi) is 6.32. The molecular formula is C20H14ClN3OPt. The van der Waals surface area contributed by atoms with Crippen molar-refractivity contribution in [2.45, 2.75) is 0 Å². The maximum absolute atomic E-state index is 5.65. The molecule has 4 aromatic rings. The van der Waals surface area contributed by atoms with Crippen LogP contribution in [-0.2, 0) is 18.8 Å². The molecule has 0 saturated heterocycles. The Balaban J connectivity index is 0.000000948. The van der Waals surface area contributed by atoms with Crippen molar-refractivity contribution in [2.24, 2.45) is 0 Å². The third kappa shape index (κ3) is 3.62. The van der Waals surface area contributed by atoms with E-state index in [2.05, 4.69) is 30.4 Å². The maximum atomic E-state index is 5.65. The first kappa shape index (κ1) is 18.5. The second-order valence-corrected chi connectivity index (χ2v) is 5.24. The predicted molar refractivity (Wildman–Crippen MR) is 99.4 cm³/mol. The first-order chi connectivity index (χ1) is 12.9. The molecule has 0 N–H and O–H groups in total. The van der Waals surface area contributed by atoms with Crippen LogP contribution >= 0.6 is 9.42 Å². The number of aromatic nitrogens is 3. The molecule has 4 nitrogen and oxygen atoms in total. The predicted octanol–water partition coefficient (Wildman–Crippen LogP) is 4.85. The van der Waals surface area contributed by atoms with Crippen LogP contribution in [-0.4, -0.2) is 22.1 Å². The Morgan fingerprint density at radius 3 is 2.00 bits per heavy atom. The van der Waals surface area contributed by atoms with Gasteiger partial charge in [-0.1, -0.05) is 52.9 Å². The van der Waals surface area contributed by atoms with Gasteiger partial charge in [0.05, 0.1) is 12.9 Å². The summed E-state index contributed by atoms with van der Waals surface area (Å²) in [6.45, 7) is 0. The van der Waals surface area contributed by atoms with Gasteiger partial charge in [0.15, 0.2) is 0 Å². The van der Waals surface area contributed by atoms with Gasteiger partial charge in [-0.15, -0.1) is 6.07 Å². The van der Waals surface area contributed by atoms with Crippen molar-refractivity contribution in [3.63, 3.8) is 0 Å². The molecule has 132 valence electrons. The second kappa shape index (κ2) is 8.88. The number of pyridine rings is 3. The molecule has 3 aromatic heterocycles. The molecule has 0 atom stereocenters. The fraction of sp³-hybridized carbons (Fsp3) is 0.0500. The standard InChI is InChI=1S/C20H14N3O.ClH.Pt/c1-24-20-16(18-9-3-5-11-22-18)13-15(17-8-2-4-10-21-17)14-7-6-12-23-19(14)20;;/h2-12H,1H3;1H;/q-1;;+2/p-1. The number of fused-ring (bicyclic) bond motifs is 1. The summed E-state index contributed by atoms with van der Waals surface area (Å²) in [7, 11) is 6.25. The molecule has 0 radical (unpaired) electrons. The van der Waals surface area contributed by atoms with E-state index in [9.17, 15) is 0 Å². The zero-order chi connectivity index (χ0) is 18.4. The molecule has 0 aliphatic rings. The number of methoxy groups -OCH3 is 1. The summed E-state index contributed by atoms with van der Waals surface area (Å²) >= 11 is 1.61. The van der Waals surface area contributed by atoms with E-state index in [4.69, 9.17) is 4.74 Å². The third-order valence-electron chi connectivity index (χ3n) is 3.82. The minimum absolute atomic E-state index is 0.670. The van der Waals surface area contributed by atoms with Crippen LogP contribution < -0.4 is 4.74 Å². The fourth-order valence-electron chi connectivity index (χ4n) is 2.76. The van der Waals surface area contributed by atoms with Crippen LogP contribution in [0.25, 0.3) is 33.4 Å². The van der Waals surface area contributed by atoms with Crippen molar-refractivity contribution in [1.82, 2.24) is 15.0 Å². The van der Waals surface area contributed by atoms with E-state index in [1.165, 1.54) is 0 Å². The van der Waals surface area contributed by atoms with E-state index >= 15 is 0 Å². The van der Waals surface area contributed by atoms with Gasteiger partial charge in [0.2, 0.25) is 0 Å². The number of nitrogens with zero attached hydrogens (tertiary/aromatic N) is 3. The molecule has 3 heterocycles. The Bertz CT molecular complexity index is 998. The fourth-order valence-corrected chi connectivity index (χ4v) is 2.76. The second-order valence-electron chi connectivity index (χ2n) is 5.24. The first-order valence-electron chi connectivity index (χ1n) is 7.71. The number of hydrogen-bond donors (Lipinski definition) is 0. The van der Waals surface area contributed by atoms with Crippen molar-refractivity contribution in [3.05, 3.63) is 73.2 Å². The van der Waals surface area contributed by atoms with Crippen LogP contribution in [0, 0.1) is 6.07 Å². The molecular weight excluding hydrogens is 529 g/mol. The number of hydrogen-bond acceptors (Lipinski definition) is 4. The number of halogens is 1. The van der Waals surface area contributed by atoms with Gasteiger partial charge in [0.25, 0.3) is 0 Å². The van der Waals surface area contributed by atoms with Gasteiger partial charge in [-0.2, -0.15) is 0 Å². The number of benzene rings is 1. The van der Waals surface area contributed by atoms with E-state index in [0.717, 1.165) is 33.4 Å². The van der Waals surface area contributed by atoms with Crippen molar-refractivity contribution in [3.8, 4) is 28.3 Å². The van der Waals surface area contributed by atoms with Gasteiger partial charge in [0, 0.05) is 35.5 Å². The first-order valence-corrected chi connectivity index (χ1v) is 10.5. The minimum atomic E-state index is 0.670. The van der Waals surface area contributed by atoms with Gasteiger partial charge in [0.1, 0.15) is 0 Å². The summed E-state index contributed by atoms with van der Waals surface area (Å²) in [6.07, 6.45) is 5.29. The van der Waals surface area contributed by atoms with E-state index in [-0.39, 0.29) is 0 Å². The number of ether oxygens (including phenoxy) is 1. The summed E-state index contributed by atoms with van der Waals surface area (Å²) in [4.78, 5) is 13.4. The van der Waals surface area contributed by atoms with Gasteiger partial charge in [-0.05, 0) is 12.1 Å². The molecule has 0 saturated carbocycles. The summed E-state index contributed by atoms with van der Waals surface area (Å²) in [6, 6.07) is 18.9. The Morgan fingerprint density at radius 1 is 0.808 bits per heavy atom. The topological polar surface area (TPSA) is 47.9 Å². The molecule has 0 fully saturated rings.